The number of rotatable bonds is 5. The van der Waals surface area contributed by atoms with Crippen molar-refractivity contribution >= 4 is 60.5 Å². The quantitative estimate of drug-likeness (QED) is 0.177. The van der Waals surface area contributed by atoms with Crippen molar-refractivity contribution in [2.24, 2.45) is 0 Å². The van der Waals surface area contributed by atoms with Gasteiger partial charge in [0.1, 0.15) is 11.2 Å². The molecule has 0 atom stereocenters. The predicted molar refractivity (Wildman–Crippen MR) is 232 cm³/mol. The van der Waals surface area contributed by atoms with Crippen LogP contribution in [0.3, 0.4) is 0 Å². The van der Waals surface area contributed by atoms with Gasteiger partial charge in [-0.25, -0.2) is 0 Å². The molecule has 2 nitrogen and oxygen atoms in total. The Labute approximate surface area is 320 Å². The van der Waals surface area contributed by atoms with Gasteiger partial charge in [-0.2, -0.15) is 0 Å². The molecule has 0 amide bonds. The zero-order valence-corrected chi connectivity index (χ0v) is 30.8. The minimum atomic E-state index is -0.133. The Morgan fingerprint density at radius 2 is 1.07 bits per heavy atom. The summed E-state index contributed by atoms with van der Waals surface area (Å²) < 4.78 is 6.83. The molecule has 2 heteroatoms. The van der Waals surface area contributed by atoms with Crippen molar-refractivity contribution < 1.29 is 4.42 Å². The molecule has 0 radical (unpaired) electrons. The summed E-state index contributed by atoms with van der Waals surface area (Å²) in [5, 5.41) is 6.92. The van der Waals surface area contributed by atoms with Crippen LogP contribution in [0.5, 0.6) is 0 Å². The second-order valence-electron chi connectivity index (χ2n) is 15.3. The highest BCUT2D eigenvalue weighted by Crippen LogP contribution is 2.52. The first kappa shape index (κ1) is 31.6. The van der Waals surface area contributed by atoms with E-state index < -0.39 is 0 Å². The molecule has 55 heavy (non-hydrogen) atoms. The van der Waals surface area contributed by atoms with E-state index in [1.807, 2.05) is 0 Å². The second-order valence-corrected chi connectivity index (χ2v) is 15.3. The minimum Gasteiger partial charge on any atom is -0.455 e. The van der Waals surface area contributed by atoms with E-state index in [2.05, 4.69) is 207 Å². The molecule has 0 bridgehead atoms. The van der Waals surface area contributed by atoms with Gasteiger partial charge < -0.3 is 9.32 Å². The van der Waals surface area contributed by atoms with Crippen LogP contribution in [0.2, 0.25) is 0 Å². The minimum absolute atomic E-state index is 0.133. The molecule has 260 valence electrons. The second kappa shape index (κ2) is 12.1. The van der Waals surface area contributed by atoms with Crippen LogP contribution in [0.25, 0.3) is 76.9 Å². The lowest BCUT2D eigenvalue weighted by Gasteiger charge is -2.29. The van der Waals surface area contributed by atoms with Crippen LogP contribution in [0.15, 0.2) is 192 Å². The molecule has 0 N–H and O–H groups in total. The first-order chi connectivity index (χ1) is 27.0. The number of furan rings is 1. The summed E-state index contributed by atoms with van der Waals surface area (Å²) in [7, 11) is 0. The molecule has 10 aromatic rings. The van der Waals surface area contributed by atoms with E-state index in [-0.39, 0.29) is 5.41 Å². The first-order valence-electron chi connectivity index (χ1n) is 19.1. The Kier molecular flexibility index (Phi) is 6.93. The fraction of sp³-hybridized carbons (Fsp3) is 0.0566. The van der Waals surface area contributed by atoms with E-state index >= 15 is 0 Å². The Balaban J connectivity index is 1.18. The van der Waals surface area contributed by atoms with Crippen molar-refractivity contribution in [1.82, 2.24) is 0 Å². The lowest BCUT2D eigenvalue weighted by Crippen LogP contribution is -2.16. The van der Waals surface area contributed by atoms with Crippen molar-refractivity contribution in [3.05, 3.63) is 199 Å². The number of nitrogens with zero attached hydrogens (tertiary/aromatic N) is 1. The molecule has 1 aliphatic rings. The molecule has 0 saturated carbocycles. The maximum Gasteiger partial charge on any atom is 0.143 e. The normalized spacial score (nSPS) is 13.1. The highest BCUT2D eigenvalue weighted by atomic mass is 16.3. The molecule has 0 unspecified atom stereocenters. The molecule has 1 aromatic heterocycles. The zero-order valence-electron chi connectivity index (χ0n) is 30.8. The first-order valence-corrected chi connectivity index (χ1v) is 19.1. The Morgan fingerprint density at radius 1 is 0.418 bits per heavy atom. The van der Waals surface area contributed by atoms with E-state index in [0.29, 0.717) is 0 Å². The number of anilines is 3. The van der Waals surface area contributed by atoms with Gasteiger partial charge >= 0.3 is 0 Å². The highest BCUT2D eigenvalue weighted by Gasteiger charge is 2.36. The van der Waals surface area contributed by atoms with Gasteiger partial charge in [0.15, 0.2) is 0 Å². The van der Waals surface area contributed by atoms with Gasteiger partial charge in [-0.3, -0.25) is 0 Å². The Morgan fingerprint density at radius 3 is 1.93 bits per heavy atom. The Hall–Kier alpha value is -6.90. The summed E-state index contributed by atoms with van der Waals surface area (Å²) in [6, 6.07) is 68.4. The van der Waals surface area contributed by atoms with Gasteiger partial charge in [-0.05, 0) is 97.7 Å². The molecular formula is C53H37NO. The molecule has 0 fully saturated rings. The van der Waals surface area contributed by atoms with Crippen LogP contribution in [-0.4, -0.2) is 0 Å². The van der Waals surface area contributed by atoms with Crippen molar-refractivity contribution in [2.75, 3.05) is 4.90 Å². The smallest absolute Gasteiger partial charge is 0.143 e. The van der Waals surface area contributed by atoms with Crippen molar-refractivity contribution in [2.45, 2.75) is 19.3 Å². The van der Waals surface area contributed by atoms with E-state index in [9.17, 15) is 0 Å². The molecule has 11 rings (SSSR count). The molecule has 1 aliphatic carbocycles. The van der Waals surface area contributed by atoms with Gasteiger partial charge in [-0.1, -0.05) is 159 Å². The maximum absolute atomic E-state index is 6.83. The van der Waals surface area contributed by atoms with E-state index in [4.69, 9.17) is 4.42 Å². The molecule has 9 aromatic carbocycles. The van der Waals surface area contributed by atoms with E-state index in [1.165, 1.54) is 55.3 Å². The average Bonchev–Trinajstić information content (AvgIpc) is 3.73. The van der Waals surface area contributed by atoms with Gasteiger partial charge in [0, 0.05) is 38.3 Å². The summed E-state index contributed by atoms with van der Waals surface area (Å²) in [5.74, 6) is 0. The monoisotopic (exact) mass is 703 g/mol. The molecule has 0 saturated heterocycles. The van der Waals surface area contributed by atoms with E-state index in [0.717, 1.165) is 49.8 Å². The third-order valence-corrected chi connectivity index (χ3v) is 11.8. The van der Waals surface area contributed by atoms with Gasteiger partial charge in [0.2, 0.25) is 0 Å². The van der Waals surface area contributed by atoms with Crippen LogP contribution in [0, 0.1) is 0 Å². The van der Waals surface area contributed by atoms with E-state index in [1.54, 1.807) is 0 Å². The van der Waals surface area contributed by atoms with Crippen molar-refractivity contribution in [1.29, 1.82) is 0 Å². The van der Waals surface area contributed by atoms with Crippen LogP contribution in [0.1, 0.15) is 25.0 Å². The van der Waals surface area contributed by atoms with Crippen LogP contribution >= 0.6 is 0 Å². The average molecular weight is 704 g/mol. The number of hydrogen-bond acceptors (Lipinski definition) is 2. The number of fused-ring (bicyclic) bond motifs is 9. The van der Waals surface area contributed by atoms with Crippen LogP contribution < -0.4 is 4.90 Å². The summed E-state index contributed by atoms with van der Waals surface area (Å²) in [5.41, 5.74) is 15.1. The molecule has 0 spiro atoms. The van der Waals surface area contributed by atoms with Crippen molar-refractivity contribution in [3.8, 4) is 33.4 Å². The fourth-order valence-electron chi connectivity index (χ4n) is 9.10. The molecular weight excluding hydrogens is 667 g/mol. The largest absolute Gasteiger partial charge is 0.455 e. The summed E-state index contributed by atoms with van der Waals surface area (Å²) >= 11 is 0. The van der Waals surface area contributed by atoms with Crippen LogP contribution in [-0.2, 0) is 5.41 Å². The van der Waals surface area contributed by atoms with Gasteiger partial charge in [-0.15, -0.1) is 0 Å². The SMILES string of the molecule is CC1(C)c2ccccc2-c2ccc(N(c3ccc(-c4ccccc4)cc3)c3cc4c(oc5cccc(-c6ccc7ccccc7c6)c54)c4ccccc34)cc21. The Bertz CT molecular complexity index is 3110. The lowest BCUT2D eigenvalue weighted by molar-refractivity contribution is 0.660. The third kappa shape index (κ3) is 4.88. The standard InChI is InChI=1S/C53H37NO/c1-53(2)47-21-11-10-17-42(47)43-30-29-40(32-48(43)53)54(39-27-25-36(26-28-39)34-13-4-3-5-14-34)49-33-46-51-41(38-24-23-35-15-6-7-16-37(35)31-38)20-12-22-50(51)55-52(46)45-19-9-8-18-44(45)49/h3-33H,1-2H3. The van der Waals surface area contributed by atoms with Gasteiger partial charge in [0.25, 0.3) is 0 Å². The highest BCUT2D eigenvalue weighted by molar-refractivity contribution is 6.22. The topological polar surface area (TPSA) is 16.4 Å². The summed E-state index contributed by atoms with van der Waals surface area (Å²) in [6.45, 7) is 4.71. The number of benzene rings is 9. The lowest BCUT2D eigenvalue weighted by atomic mass is 9.82. The zero-order chi connectivity index (χ0) is 36.7. The fourth-order valence-corrected chi connectivity index (χ4v) is 9.10. The third-order valence-electron chi connectivity index (χ3n) is 11.8. The predicted octanol–water partition coefficient (Wildman–Crippen LogP) is 15.0. The van der Waals surface area contributed by atoms with Crippen LogP contribution in [0.4, 0.5) is 17.1 Å². The molecule has 1 heterocycles. The van der Waals surface area contributed by atoms with Crippen molar-refractivity contribution in [3.63, 3.8) is 0 Å². The maximum atomic E-state index is 6.83. The number of hydrogen-bond donors (Lipinski definition) is 0. The van der Waals surface area contributed by atoms with Gasteiger partial charge in [0.05, 0.1) is 5.69 Å². The molecule has 0 aliphatic heterocycles. The summed E-state index contributed by atoms with van der Waals surface area (Å²) in [4.78, 5) is 2.45. The summed E-state index contributed by atoms with van der Waals surface area (Å²) in [6.07, 6.45) is 0.